The van der Waals surface area contributed by atoms with Crippen LogP contribution in [0, 0.1) is 0 Å². The lowest BCUT2D eigenvalue weighted by Crippen LogP contribution is -2.46. The zero-order chi connectivity index (χ0) is 16.4. The van der Waals surface area contributed by atoms with Crippen LogP contribution in [0.4, 0.5) is 0 Å². The Morgan fingerprint density at radius 1 is 1.45 bits per heavy atom. The molecule has 2 rings (SSSR count). The Bertz CT molecular complexity index is 558. The number of nitrogens with zero attached hydrogens (tertiary/aromatic N) is 2. The van der Waals surface area contributed by atoms with Crippen molar-refractivity contribution in [2.45, 2.75) is 51.1 Å². The van der Waals surface area contributed by atoms with Crippen LogP contribution in [-0.4, -0.2) is 38.9 Å². The minimum Gasteiger partial charge on any atom is -0.460 e. The molecule has 3 N–H and O–H groups in total. The van der Waals surface area contributed by atoms with Crippen LogP contribution in [0.5, 0.6) is 0 Å². The Hall–Kier alpha value is -2.06. The summed E-state index contributed by atoms with van der Waals surface area (Å²) in [5.74, 6) is -0.879. The van der Waals surface area contributed by atoms with E-state index in [4.69, 9.17) is 4.74 Å². The normalized spacial score (nSPS) is 24.9. The lowest BCUT2D eigenvalue weighted by atomic mass is 9.90. The van der Waals surface area contributed by atoms with Gasteiger partial charge in [0.1, 0.15) is 11.1 Å². The molecule has 2 unspecified atom stereocenters. The van der Waals surface area contributed by atoms with E-state index >= 15 is 0 Å². The predicted molar refractivity (Wildman–Crippen MR) is 76.1 cm³/mol. The molecule has 8 heteroatoms. The maximum atomic E-state index is 12.3. The van der Waals surface area contributed by atoms with E-state index in [-0.39, 0.29) is 12.8 Å². The highest BCUT2D eigenvalue weighted by Crippen LogP contribution is 2.29. The van der Waals surface area contributed by atoms with Gasteiger partial charge in [-0.25, -0.2) is 0 Å². The average molecular weight is 308 g/mol. The molecule has 2 atom stereocenters. The molecule has 0 bridgehead atoms. The first-order chi connectivity index (χ1) is 10.2. The fourth-order valence-electron chi connectivity index (χ4n) is 2.29. The molecular weight excluding hydrogens is 288 g/mol. The van der Waals surface area contributed by atoms with Gasteiger partial charge >= 0.3 is 5.97 Å². The van der Waals surface area contributed by atoms with Crippen LogP contribution in [0.1, 0.15) is 39.3 Å². The highest BCUT2D eigenvalue weighted by atomic mass is 16.6. The molecule has 1 aliphatic rings. The van der Waals surface area contributed by atoms with Gasteiger partial charge in [-0.05, 0) is 27.2 Å². The van der Waals surface area contributed by atoms with Gasteiger partial charge in [0.2, 0.25) is 5.91 Å². The number of ether oxygens (including phenoxy) is 1. The molecule has 2 heterocycles. The molecule has 120 valence electrons. The van der Waals surface area contributed by atoms with Gasteiger partial charge in [-0.3, -0.25) is 24.9 Å². The third kappa shape index (κ3) is 3.58. The first kappa shape index (κ1) is 16.3. The molecule has 1 aliphatic heterocycles. The van der Waals surface area contributed by atoms with Crippen molar-refractivity contribution in [3.05, 3.63) is 24.3 Å². The molecule has 1 aromatic rings. The molecule has 0 saturated carbocycles. The molecule has 0 radical (unpaired) electrons. The number of aliphatic hydroxyl groups excluding tert-OH is 1. The minimum atomic E-state index is -1.30. The second-order valence-electron chi connectivity index (χ2n) is 6.10. The standard InChI is InChI=1S/C14H20N4O4/c1-13(2,3)22-10(19)4-5-14(9-8-15-6-7-16-9)11(20)17-12(21)18-14/h6-8,12,18,21H,4-5H2,1-3H3,(H,17,20). The Balaban J connectivity index is 2.17. The molecule has 22 heavy (non-hydrogen) atoms. The van der Waals surface area contributed by atoms with Crippen LogP contribution in [0.25, 0.3) is 0 Å². The third-order valence-corrected chi connectivity index (χ3v) is 3.16. The zero-order valence-electron chi connectivity index (χ0n) is 12.8. The summed E-state index contributed by atoms with van der Waals surface area (Å²) < 4.78 is 5.24. The largest absolute Gasteiger partial charge is 0.460 e. The molecule has 1 saturated heterocycles. The maximum Gasteiger partial charge on any atom is 0.306 e. The summed E-state index contributed by atoms with van der Waals surface area (Å²) in [5.41, 5.74) is -1.56. The molecule has 0 aliphatic carbocycles. The summed E-state index contributed by atoms with van der Waals surface area (Å²) in [7, 11) is 0. The number of hydrogen-bond acceptors (Lipinski definition) is 7. The summed E-state index contributed by atoms with van der Waals surface area (Å²) in [4.78, 5) is 32.2. The van der Waals surface area contributed by atoms with Crippen molar-refractivity contribution in [1.82, 2.24) is 20.6 Å². The van der Waals surface area contributed by atoms with E-state index in [1.807, 2.05) is 0 Å². The van der Waals surface area contributed by atoms with Crippen LogP contribution < -0.4 is 10.6 Å². The van der Waals surface area contributed by atoms with Crippen molar-refractivity contribution in [3.63, 3.8) is 0 Å². The van der Waals surface area contributed by atoms with Gasteiger partial charge in [0.25, 0.3) is 0 Å². The zero-order valence-corrected chi connectivity index (χ0v) is 12.8. The van der Waals surface area contributed by atoms with E-state index in [0.29, 0.717) is 5.69 Å². The number of amides is 1. The van der Waals surface area contributed by atoms with Crippen molar-refractivity contribution >= 4 is 11.9 Å². The van der Waals surface area contributed by atoms with Crippen molar-refractivity contribution in [3.8, 4) is 0 Å². The van der Waals surface area contributed by atoms with Crippen molar-refractivity contribution < 1.29 is 19.4 Å². The predicted octanol–water partition coefficient (Wildman–Crippen LogP) is -0.211. The third-order valence-electron chi connectivity index (χ3n) is 3.16. The van der Waals surface area contributed by atoms with E-state index in [2.05, 4.69) is 20.6 Å². The Labute approximate surface area is 128 Å². The quantitative estimate of drug-likeness (QED) is 0.659. The molecule has 1 fully saturated rings. The van der Waals surface area contributed by atoms with E-state index in [1.54, 1.807) is 20.8 Å². The van der Waals surface area contributed by atoms with Crippen LogP contribution in [0.3, 0.4) is 0 Å². The summed E-state index contributed by atoms with van der Waals surface area (Å²) >= 11 is 0. The fraction of sp³-hybridized carbons (Fsp3) is 0.571. The molecule has 8 nitrogen and oxygen atoms in total. The Morgan fingerprint density at radius 3 is 2.68 bits per heavy atom. The summed E-state index contributed by atoms with van der Waals surface area (Å²) in [6.07, 6.45) is 3.26. The first-order valence-electron chi connectivity index (χ1n) is 6.98. The number of carbonyl (C=O) groups excluding carboxylic acids is 2. The van der Waals surface area contributed by atoms with Crippen LogP contribution in [0.2, 0.25) is 0 Å². The van der Waals surface area contributed by atoms with E-state index in [9.17, 15) is 14.7 Å². The number of rotatable bonds is 4. The minimum absolute atomic E-state index is 0.000976. The van der Waals surface area contributed by atoms with Gasteiger partial charge in [0, 0.05) is 18.8 Å². The number of nitrogens with one attached hydrogen (secondary N) is 2. The SMILES string of the molecule is CC(C)(C)OC(=O)CCC1(c2cnccn2)NC(O)NC1=O. The number of esters is 1. The van der Waals surface area contributed by atoms with Crippen LogP contribution in [-0.2, 0) is 19.9 Å². The van der Waals surface area contributed by atoms with Crippen molar-refractivity contribution in [2.24, 2.45) is 0 Å². The summed E-state index contributed by atoms with van der Waals surface area (Å²) in [6.45, 7) is 5.31. The lowest BCUT2D eigenvalue weighted by Gasteiger charge is -2.26. The fourth-order valence-corrected chi connectivity index (χ4v) is 2.29. The van der Waals surface area contributed by atoms with Gasteiger partial charge in [0.05, 0.1) is 11.9 Å². The van der Waals surface area contributed by atoms with Gasteiger partial charge in [-0.15, -0.1) is 0 Å². The van der Waals surface area contributed by atoms with E-state index < -0.39 is 29.4 Å². The molecule has 0 aromatic carbocycles. The molecule has 1 aromatic heterocycles. The maximum absolute atomic E-state index is 12.3. The second-order valence-corrected chi connectivity index (χ2v) is 6.10. The highest BCUT2D eigenvalue weighted by molar-refractivity contribution is 5.89. The monoisotopic (exact) mass is 308 g/mol. The Morgan fingerprint density at radius 2 is 2.18 bits per heavy atom. The number of aromatic nitrogens is 2. The second kappa shape index (κ2) is 5.98. The molecule has 1 amide bonds. The lowest BCUT2D eigenvalue weighted by molar-refractivity contribution is -0.155. The van der Waals surface area contributed by atoms with Gasteiger partial charge in [-0.2, -0.15) is 0 Å². The van der Waals surface area contributed by atoms with Crippen molar-refractivity contribution in [2.75, 3.05) is 0 Å². The van der Waals surface area contributed by atoms with Crippen LogP contribution >= 0.6 is 0 Å². The van der Waals surface area contributed by atoms with Gasteiger partial charge < -0.3 is 15.2 Å². The number of aliphatic hydroxyl groups is 1. The van der Waals surface area contributed by atoms with E-state index in [0.717, 1.165) is 0 Å². The first-order valence-corrected chi connectivity index (χ1v) is 6.98. The van der Waals surface area contributed by atoms with Gasteiger partial charge in [0.15, 0.2) is 6.35 Å². The average Bonchev–Trinajstić information content (AvgIpc) is 2.71. The summed E-state index contributed by atoms with van der Waals surface area (Å²) in [6, 6.07) is 0. The molecular formula is C14H20N4O4. The van der Waals surface area contributed by atoms with Gasteiger partial charge in [-0.1, -0.05) is 0 Å². The Kier molecular flexibility index (Phi) is 4.43. The smallest absolute Gasteiger partial charge is 0.306 e. The van der Waals surface area contributed by atoms with E-state index in [1.165, 1.54) is 18.6 Å². The number of carbonyl (C=O) groups is 2. The van der Waals surface area contributed by atoms with Crippen molar-refractivity contribution in [1.29, 1.82) is 0 Å². The highest BCUT2D eigenvalue weighted by Gasteiger charge is 2.49. The molecule has 0 spiro atoms. The summed E-state index contributed by atoms with van der Waals surface area (Å²) in [5, 5.41) is 14.7. The van der Waals surface area contributed by atoms with Crippen LogP contribution in [0.15, 0.2) is 18.6 Å². The number of hydrogen-bond donors (Lipinski definition) is 3. The topological polar surface area (TPSA) is 113 Å².